The SMILES string of the molecule is CC(C)n1c2nc(Nc3ncc(-c4ncno4)c(N[C@H](CO)c4ccccc4)n3)ccc2c(=O)n1C. The average Bonchev–Trinajstić information content (AvgIpc) is 3.50. The minimum absolute atomic E-state index is 0.0390. The fraction of sp³-hybridized carbons (Fsp3) is 0.250. The fourth-order valence-electron chi connectivity index (χ4n) is 4.06. The molecule has 0 unspecified atom stereocenters. The highest BCUT2D eigenvalue weighted by molar-refractivity contribution is 5.77. The van der Waals surface area contributed by atoms with Crippen molar-refractivity contribution in [2.75, 3.05) is 17.2 Å². The number of benzene rings is 1. The molecule has 4 aromatic heterocycles. The number of nitrogens with one attached hydrogen (secondary N) is 2. The molecule has 5 rings (SSSR count). The molecular weight excluding hydrogens is 462 g/mol. The van der Waals surface area contributed by atoms with E-state index in [1.807, 2.05) is 48.9 Å². The van der Waals surface area contributed by atoms with Gasteiger partial charge in [0.25, 0.3) is 11.4 Å². The van der Waals surface area contributed by atoms with Crippen molar-refractivity contribution in [3.05, 3.63) is 70.9 Å². The van der Waals surface area contributed by atoms with E-state index in [1.54, 1.807) is 30.1 Å². The summed E-state index contributed by atoms with van der Waals surface area (Å²) in [6.07, 6.45) is 2.84. The standard InChI is InChI=1S/C24H25N9O3/c1-14(2)33-21-16(23(35)32(33)3)9-10-19(29-21)30-24-25-11-17(22-26-13-27-36-22)20(31-24)28-18(12-34)15-7-5-4-6-8-15/h4-11,13-14,18,34H,12H2,1-3H3,(H2,25,28,29,30,31)/t18-/m1/s1. The van der Waals surface area contributed by atoms with Crippen molar-refractivity contribution >= 4 is 28.6 Å². The zero-order valence-electron chi connectivity index (χ0n) is 20.0. The molecule has 4 heterocycles. The van der Waals surface area contributed by atoms with Crippen LogP contribution in [0.4, 0.5) is 17.6 Å². The van der Waals surface area contributed by atoms with Crippen LogP contribution in [0.2, 0.25) is 0 Å². The number of hydrogen-bond acceptors (Lipinski definition) is 10. The summed E-state index contributed by atoms with van der Waals surface area (Å²) in [5, 5.41) is 20.6. The van der Waals surface area contributed by atoms with Gasteiger partial charge in [-0.1, -0.05) is 35.5 Å². The van der Waals surface area contributed by atoms with Gasteiger partial charge in [0.2, 0.25) is 5.95 Å². The number of hydrogen-bond donors (Lipinski definition) is 3. The number of aliphatic hydroxyl groups excluding tert-OH is 1. The normalized spacial score (nSPS) is 12.2. The average molecular weight is 488 g/mol. The van der Waals surface area contributed by atoms with Gasteiger partial charge in [-0.05, 0) is 31.5 Å². The third-order valence-corrected chi connectivity index (χ3v) is 5.74. The number of anilines is 3. The van der Waals surface area contributed by atoms with E-state index in [-0.39, 0.29) is 30.0 Å². The Morgan fingerprint density at radius 3 is 2.58 bits per heavy atom. The molecule has 1 atom stereocenters. The third kappa shape index (κ3) is 4.29. The second-order valence-corrected chi connectivity index (χ2v) is 8.45. The van der Waals surface area contributed by atoms with Gasteiger partial charge in [0.15, 0.2) is 12.0 Å². The summed E-state index contributed by atoms with van der Waals surface area (Å²) < 4.78 is 8.62. The summed E-state index contributed by atoms with van der Waals surface area (Å²) in [5.41, 5.74) is 1.81. The van der Waals surface area contributed by atoms with Crippen molar-refractivity contribution in [1.29, 1.82) is 0 Å². The highest BCUT2D eigenvalue weighted by atomic mass is 16.5. The Bertz CT molecular complexity index is 1540. The fourth-order valence-corrected chi connectivity index (χ4v) is 4.06. The molecular formula is C24H25N9O3. The van der Waals surface area contributed by atoms with Crippen LogP contribution >= 0.6 is 0 Å². The molecule has 0 aliphatic heterocycles. The van der Waals surface area contributed by atoms with E-state index in [4.69, 9.17) is 4.52 Å². The highest BCUT2D eigenvalue weighted by Gasteiger charge is 2.19. The molecule has 12 heteroatoms. The maximum atomic E-state index is 12.6. The van der Waals surface area contributed by atoms with Crippen LogP contribution in [0.25, 0.3) is 22.5 Å². The van der Waals surface area contributed by atoms with Crippen LogP contribution in [0.3, 0.4) is 0 Å². The summed E-state index contributed by atoms with van der Waals surface area (Å²) in [5.74, 6) is 1.35. The van der Waals surface area contributed by atoms with Gasteiger partial charge in [0.05, 0.1) is 18.0 Å². The number of pyridine rings is 1. The quantitative estimate of drug-likeness (QED) is 0.298. The zero-order chi connectivity index (χ0) is 25.2. The molecule has 5 aromatic rings. The molecule has 3 N–H and O–H groups in total. The van der Waals surface area contributed by atoms with E-state index in [2.05, 4.69) is 35.7 Å². The molecule has 0 bridgehead atoms. The highest BCUT2D eigenvalue weighted by Crippen LogP contribution is 2.29. The van der Waals surface area contributed by atoms with E-state index in [1.165, 1.54) is 6.33 Å². The van der Waals surface area contributed by atoms with Crippen molar-refractivity contribution in [3.8, 4) is 11.5 Å². The summed E-state index contributed by atoms with van der Waals surface area (Å²) in [7, 11) is 1.72. The first-order chi connectivity index (χ1) is 17.5. The summed E-state index contributed by atoms with van der Waals surface area (Å²) >= 11 is 0. The summed E-state index contributed by atoms with van der Waals surface area (Å²) in [6, 6.07) is 12.6. The molecule has 0 saturated heterocycles. The lowest BCUT2D eigenvalue weighted by Gasteiger charge is -2.19. The van der Waals surface area contributed by atoms with E-state index in [0.29, 0.717) is 28.2 Å². The maximum absolute atomic E-state index is 12.6. The van der Waals surface area contributed by atoms with E-state index in [0.717, 1.165) is 5.56 Å². The molecule has 36 heavy (non-hydrogen) atoms. The minimum Gasteiger partial charge on any atom is -0.394 e. The van der Waals surface area contributed by atoms with Gasteiger partial charge in [-0.3, -0.25) is 14.2 Å². The van der Waals surface area contributed by atoms with Gasteiger partial charge in [0, 0.05) is 19.3 Å². The van der Waals surface area contributed by atoms with Crippen LogP contribution in [0.1, 0.15) is 31.5 Å². The molecule has 12 nitrogen and oxygen atoms in total. The van der Waals surface area contributed by atoms with Crippen molar-refractivity contribution in [2.45, 2.75) is 25.9 Å². The molecule has 0 radical (unpaired) electrons. The van der Waals surface area contributed by atoms with Crippen LogP contribution in [-0.4, -0.2) is 46.2 Å². The Morgan fingerprint density at radius 1 is 1.08 bits per heavy atom. The number of rotatable bonds is 8. The van der Waals surface area contributed by atoms with Gasteiger partial charge < -0.3 is 20.3 Å². The van der Waals surface area contributed by atoms with Crippen molar-refractivity contribution in [1.82, 2.24) is 34.5 Å². The molecule has 1 aromatic carbocycles. The molecule has 0 aliphatic carbocycles. The van der Waals surface area contributed by atoms with Gasteiger partial charge in [-0.15, -0.1) is 0 Å². The van der Waals surface area contributed by atoms with Crippen LogP contribution in [0.15, 0.2) is 64.3 Å². The first-order valence-corrected chi connectivity index (χ1v) is 11.4. The maximum Gasteiger partial charge on any atom is 0.275 e. The summed E-state index contributed by atoms with van der Waals surface area (Å²) in [6.45, 7) is 3.81. The van der Waals surface area contributed by atoms with Gasteiger partial charge in [-0.2, -0.15) is 9.97 Å². The van der Waals surface area contributed by atoms with Crippen LogP contribution in [-0.2, 0) is 7.05 Å². The van der Waals surface area contributed by atoms with Crippen molar-refractivity contribution in [2.24, 2.45) is 7.05 Å². The largest absolute Gasteiger partial charge is 0.394 e. The lowest BCUT2D eigenvalue weighted by atomic mass is 10.1. The Labute approximate surface area is 205 Å². The Balaban J connectivity index is 1.52. The lowest BCUT2D eigenvalue weighted by molar-refractivity contribution is 0.276. The predicted molar refractivity (Wildman–Crippen MR) is 134 cm³/mol. The monoisotopic (exact) mass is 487 g/mol. The second-order valence-electron chi connectivity index (χ2n) is 8.45. The Kier molecular flexibility index (Phi) is 6.17. The van der Waals surface area contributed by atoms with Crippen LogP contribution in [0.5, 0.6) is 0 Å². The number of fused-ring (bicyclic) bond motifs is 1. The number of nitrogens with zero attached hydrogens (tertiary/aromatic N) is 7. The lowest BCUT2D eigenvalue weighted by Crippen LogP contribution is -2.20. The van der Waals surface area contributed by atoms with E-state index in [9.17, 15) is 9.90 Å². The zero-order valence-corrected chi connectivity index (χ0v) is 20.0. The first kappa shape index (κ1) is 23.2. The predicted octanol–water partition coefficient (Wildman–Crippen LogP) is 3.05. The Hall–Kier alpha value is -4.58. The molecule has 184 valence electrons. The molecule has 0 fully saturated rings. The second kappa shape index (κ2) is 9.58. The van der Waals surface area contributed by atoms with Crippen LogP contribution < -0.4 is 16.2 Å². The van der Waals surface area contributed by atoms with Gasteiger partial charge in [0.1, 0.15) is 17.2 Å². The molecule has 0 aliphatic rings. The van der Waals surface area contributed by atoms with Crippen molar-refractivity contribution in [3.63, 3.8) is 0 Å². The molecule has 0 spiro atoms. The van der Waals surface area contributed by atoms with Gasteiger partial charge in [-0.25, -0.2) is 9.97 Å². The first-order valence-electron chi connectivity index (χ1n) is 11.4. The smallest absolute Gasteiger partial charge is 0.275 e. The van der Waals surface area contributed by atoms with Crippen LogP contribution in [0, 0.1) is 0 Å². The van der Waals surface area contributed by atoms with Gasteiger partial charge >= 0.3 is 0 Å². The third-order valence-electron chi connectivity index (χ3n) is 5.74. The minimum atomic E-state index is -0.435. The molecule has 0 saturated carbocycles. The number of aliphatic hydroxyl groups is 1. The van der Waals surface area contributed by atoms with E-state index < -0.39 is 6.04 Å². The topological polar surface area (TPSA) is 149 Å². The summed E-state index contributed by atoms with van der Waals surface area (Å²) in [4.78, 5) is 30.3. The number of aromatic nitrogens is 7. The molecule has 0 amide bonds. The van der Waals surface area contributed by atoms with Crippen molar-refractivity contribution < 1.29 is 9.63 Å². The van der Waals surface area contributed by atoms with E-state index >= 15 is 0 Å². The Morgan fingerprint density at radius 2 is 1.89 bits per heavy atom.